The summed E-state index contributed by atoms with van der Waals surface area (Å²) in [6.45, 7) is 2.09. The van der Waals surface area contributed by atoms with Gasteiger partial charge >= 0.3 is 0 Å². The first kappa shape index (κ1) is 14.3. The third kappa shape index (κ3) is 1.81. The van der Waals surface area contributed by atoms with E-state index >= 15 is 0 Å². The monoisotopic (exact) mass is 300 g/mol. The lowest BCUT2D eigenvalue weighted by Gasteiger charge is -2.50. The average Bonchev–Trinajstić information content (AvgIpc) is 2.81. The Morgan fingerprint density at radius 3 is 2.86 bits per heavy atom. The fourth-order valence-electron chi connectivity index (χ4n) is 5.54. The molecule has 22 heavy (non-hydrogen) atoms. The van der Waals surface area contributed by atoms with E-state index in [0.717, 1.165) is 25.0 Å². The molecule has 0 saturated heterocycles. The van der Waals surface area contributed by atoms with E-state index in [1.807, 2.05) is 6.07 Å². The Bertz CT molecular complexity index is 623. The Balaban J connectivity index is 1.75. The molecule has 5 unspecified atom stereocenters. The van der Waals surface area contributed by atoms with Crippen molar-refractivity contribution in [3.05, 3.63) is 29.3 Å². The molecule has 3 nitrogen and oxygen atoms in total. The average molecular weight is 300 g/mol. The highest BCUT2D eigenvalue weighted by molar-refractivity contribution is 5.87. The lowest BCUT2D eigenvalue weighted by atomic mass is 9.54. The highest BCUT2D eigenvalue weighted by Gasteiger charge is 2.57. The molecule has 0 bridgehead atoms. The number of aliphatic hydroxyl groups is 1. The zero-order valence-corrected chi connectivity index (χ0v) is 13.3. The summed E-state index contributed by atoms with van der Waals surface area (Å²) in [5.41, 5.74) is 2.31. The molecule has 0 aromatic heterocycles. The largest absolute Gasteiger partial charge is 0.497 e. The van der Waals surface area contributed by atoms with Gasteiger partial charge in [-0.1, -0.05) is 13.0 Å². The van der Waals surface area contributed by atoms with Crippen LogP contribution in [0.25, 0.3) is 0 Å². The summed E-state index contributed by atoms with van der Waals surface area (Å²) < 4.78 is 5.34. The van der Waals surface area contributed by atoms with Crippen molar-refractivity contribution in [2.45, 2.75) is 51.0 Å². The Hall–Kier alpha value is -1.35. The van der Waals surface area contributed by atoms with E-state index in [0.29, 0.717) is 30.5 Å². The standard InChI is InChI=1S/C19H24O3/c1-19-10-16(20)18-13-6-4-12(22-2)9-11(13)3-5-14(18)15(19)7-8-17(19)21/h4,6,9,14-16,18,20H,3,5,7-8,10H2,1-2H3. The summed E-state index contributed by atoms with van der Waals surface area (Å²) in [6.07, 6.45) is 4.04. The summed E-state index contributed by atoms with van der Waals surface area (Å²) in [5.74, 6) is 2.35. The molecular weight excluding hydrogens is 276 g/mol. The molecule has 2 fully saturated rings. The van der Waals surface area contributed by atoms with Gasteiger partial charge in [-0.25, -0.2) is 0 Å². The van der Waals surface area contributed by atoms with Gasteiger partial charge < -0.3 is 9.84 Å². The molecule has 1 aromatic carbocycles. The maximum atomic E-state index is 12.4. The van der Waals surface area contributed by atoms with Gasteiger partial charge in [0.25, 0.3) is 0 Å². The van der Waals surface area contributed by atoms with Gasteiger partial charge in [-0.3, -0.25) is 4.79 Å². The van der Waals surface area contributed by atoms with Crippen molar-refractivity contribution in [1.82, 2.24) is 0 Å². The van der Waals surface area contributed by atoms with Crippen molar-refractivity contribution in [2.24, 2.45) is 17.3 Å². The molecule has 4 rings (SSSR count). The number of fused-ring (bicyclic) bond motifs is 5. The van der Waals surface area contributed by atoms with Crippen LogP contribution in [0.3, 0.4) is 0 Å². The van der Waals surface area contributed by atoms with E-state index in [-0.39, 0.29) is 11.3 Å². The number of aliphatic hydroxyl groups excluding tert-OH is 1. The number of ether oxygens (including phenoxy) is 1. The van der Waals surface area contributed by atoms with Crippen LogP contribution < -0.4 is 4.74 Å². The number of rotatable bonds is 1. The lowest BCUT2D eigenvalue weighted by molar-refractivity contribution is -0.133. The second-order valence-electron chi connectivity index (χ2n) is 7.55. The Morgan fingerprint density at radius 2 is 2.09 bits per heavy atom. The number of aryl methyl sites for hydroxylation is 1. The number of carbonyl (C=O) groups excluding carboxylic acids is 1. The van der Waals surface area contributed by atoms with E-state index in [9.17, 15) is 9.90 Å². The highest BCUT2D eigenvalue weighted by Crippen LogP contribution is 2.59. The molecule has 0 radical (unpaired) electrons. The topological polar surface area (TPSA) is 46.5 Å². The fraction of sp³-hybridized carbons (Fsp3) is 0.632. The van der Waals surface area contributed by atoms with Crippen LogP contribution in [0.5, 0.6) is 5.75 Å². The Kier molecular flexibility index (Phi) is 3.12. The summed E-state index contributed by atoms with van der Waals surface area (Å²) in [6, 6.07) is 6.25. The minimum absolute atomic E-state index is 0.193. The Labute approximate surface area is 131 Å². The minimum Gasteiger partial charge on any atom is -0.497 e. The van der Waals surface area contributed by atoms with Gasteiger partial charge in [0.2, 0.25) is 0 Å². The van der Waals surface area contributed by atoms with Crippen molar-refractivity contribution >= 4 is 5.78 Å². The summed E-state index contributed by atoms with van der Waals surface area (Å²) in [7, 11) is 1.69. The van der Waals surface area contributed by atoms with E-state index in [1.54, 1.807) is 7.11 Å². The number of ketones is 1. The number of carbonyl (C=O) groups is 1. The molecule has 118 valence electrons. The van der Waals surface area contributed by atoms with Crippen LogP contribution in [0.1, 0.15) is 49.7 Å². The van der Waals surface area contributed by atoms with E-state index in [1.165, 1.54) is 11.1 Å². The molecule has 0 aliphatic heterocycles. The van der Waals surface area contributed by atoms with E-state index in [2.05, 4.69) is 19.1 Å². The molecule has 3 aliphatic rings. The van der Waals surface area contributed by atoms with Gasteiger partial charge in [-0.2, -0.15) is 0 Å². The smallest absolute Gasteiger partial charge is 0.139 e. The van der Waals surface area contributed by atoms with Crippen molar-refractivity contribution in [3.8, 4) is 5.75 Å². The molecule has 1 N–H and O–H groups in total. The molecule has 0 spiro atoms. The van der Waals surface area contributed by atoms with Crippen LogP contribution in [0, 0.1) is 17.3 Å². The van der Waals surface area contributed by atoms with Gasteiger partial charge in [-0.15, -0.1) is 0 Å². The number of Topliss-reactive ketones (excluding diaryl/α,β-unsaturated/α-hetero) is 1. The van der Waals surface area contributed by atoms with Crippen LogP contribution in [0.2, 0.25) is 0 Å². The number of hydrogen-bond donors (Lipinski definition) is 1. The predicted molar refractivity (Wildman–Crippen MR) is 84.0 cm³/mol. The van der Waals surface area contributed by atoms with Crippen LogP contribution in [0.15, 0.2) is 18.2 Å². The van der Waals surface area contributed by atoms with Gasteiger partial charge in [0.15, 0.2) is 0 Å². The van der Waals surface area contributed by atoms with Crippen LogP contribution in [0.4, 0.5) is 0 Å². The van der Waals surface area contributed by atoms with Crippen molar-refractivity contribution in [1.29, 1.82) is 0 Å². The molecule has 3 aliphatic carbocycles. The maximum Gasteiger partial charge on any atom is 0.139 e. The molecule has 3 heteroatoms. The molecule has 5 atom stereocenters. The van der Waals surface area contributed by atoms with Crippen LogP contribution >= 0.6 is 0 Å². The third-order valence-corrected chi connectivity index (χ3v) is 6.62. The fourth-order valence-corrected chi connectivity index (χ4v) is 5.54. The first-order valence-electron chi connectivity index (χ1n) is 8.43. The Morgan fingerprint density at radius 1 is 1.27 bits per heavy atom. The van der Waals surface area contributed by atoms with Gasteiger partial charge in [-0.05, 0) is 60.8 Å². The summed E-state index contributed by atoms with van der Waals surface area (Å²) >= 11 is 0. The summed E-state index contributed by atoms with van der Waals surface area (Å²) in [5, 5.41) is 10.8. The van der Waals surface area contributed by atoms with Crippen molar-refractivity contribution in [2.75, 3.05) is 7.11 Å². The minimum atomic E-state index is -0.402. The van der Waals surface area contributed by atoms with Crippen LogP contribution in [-0.2, 0) is 11.2 Å². The lowest BCUT2D eigenvalue weighted by Crippen LogP contribution is -2.48. The number of methoxy groups -OCH3 is 1. The van der Waals surface area contributed by atoms with Crippen molar-refractivity contribution < 1.29 is 14.6 Å². The first-order chi connectivity index (χ1) is 10.5. The van der Waals surface area contributed by atoms with E-state index in [4.69, 9.17) is 4.74 Å². The zero-order valence-electron chi connectivity index (χ0n) is 13.3. The molecular formula is C19H24O3. The number of benzene rings is 1. The zero-order chi connectivity index (χ0) is 15.5. The molecule has 0 amide bonds. The normalized spacial score (nSPS) is 39.9. The SMILES string of the molecule is COc1ccc2c(c1)CCC1C2C(O)CC2(C)C(=O)CCC12. The molecule has 0 heterocycles. The molecule has 2 saturated carbocycles. The second-order valence-corrected chi connectivity index (χ2v) is 7.55. The second kappa shape index (κ2) is 4.82. The van der Waals surface area contributed by atoms with Crippen molar-refractivity contribution in [3.63, 3.8) is 0 Å². The summed E-state index contributed by atoms with van der Waals surface area (Å²) in [4.78, 5) is 12.4. The van der Waals surface area contributed by atoms with Gasteiger partial charge in [0, 0.05) is 17.8 Å². The third-order valence-electron chi connectivity index (χ3n) is 6.62. The quantitative estimate of drug-likeness (QED) is 0.867. The molecule has 1 aromatic rings. The van der Waals surface area contributed by atoms with Gasteiger partial charge in [0.05, 0.1) is 13.2 Å². The number of hydrogen-bond acceptors (Lipinski definition) is 3. The maximum absolute atomic E-state index is 12.4. The van der Waals surface area contributed by atoms with Crippen LogP contribution in [-0.4, -0.2) is 24.1 Å². The van der Waals surface area contributed by atoms with E-state index < -0.39 is 6.10 Å². The van der Waals surface area contributed by atoms with Gasteiger partial charge in [0.1, 0.15) is 11.5 Å². The predicted octanol–water partition coefficient (Wildman–Crippen LogP) is 3.09. The highest BCUT2D eigenvalue weighted by atomic mass is 16.5. The first-order valence-corrected chi connectivity index (χ1v) is 8.43.